The van der Waals surface area contributed by atoms with Crippen LogP contribution >= 0.6 is 0 Å². The fraction of sp³-hybridized carbons (Fsp3) is 0. The van der Waals surface area contributed by atoms with Crippen molar-refractivity contribution in [3.63, 3.8) is 0 Å². The molecule has 0 radical (unpaired) electrons. The van der Waals surface area contributed by atoms with Gasteiger partial charge in [-0.25, -0.2) is 9.59 Å². The summed E-state index contributed by atoms with van der Waals surface area (Å²) in [5, 5.41) is 19.4. The minimum atomic E-state index is -1.24. The van der Waals surface area contributed by atoms with Crippen LogP contribution in [0.15, 0.2) is 36.4 Å². The number of carboxylic acid groups (broad SMARTS) is 2. The Hall–Kier alpha value is -2.63. The second-order valence-electron chi connectivity index (χ2n) is 3.05. The number of carbonyl (C=O) groups is 3. The summed E-state index contributed by atoms with van der Waals surface area (Å²) in [5.41, 5.74) is 0.315. The van der Waals surface area contributed by atoms with Gasteiger partial charge in [-0.05, 0) is 18.2 Å². The van der Waals surface area contributed by atoms with Crippen LogP contribution in [0.4, 0.5) is 5.69 Å². The first-order chi connectivity index (χ1) is 7.99. The molecule has 1 rings (SSSR count). The number of nitrogens with one attached hydrogen (secondary N) is 1. The Bertz CT molecular complexity index is 492. The van der Waals surface area contributed by atoms with E-state index in [4.69, 9.17) is 10.2 Å². The molecule has 6 heteroatoms. The Morgan fingerprint density at radius 1 is 1.12 bits per heavy atom. The van der Waals surface area contributed by atoms with Gasteiger partial charge in [0.2, 0.25) is 5.91 Å². The minimum Gasteiger partial charge on any atom is -0.478 e. The molecular weight excluding hydrogens is 226 g/mol. The molecule has 0 aliphatic heterocycles. The van der Waals surface area contributed by atoms with Gasteiger partial charge in [-0.3, -0.25) is 4.79 Å². The van der Waals surface area contributed by atoms with E-state index in [1.165, 1.54) is 24.3 Å². The van der Waals surface area contributed by atoms with Crippen LogP contribution < -0.4 is 5.32 Å². The van der Waals surface area contributed by atoms with Crippen LogP contribution in [0.2, 0.25) is 0 Å². The zero-order valence-electron chi connectivity index (χ0n) is 8.58. The van der Waals surface area contributed by atoms with Gasteiger partial charge in [0.05, 0.1) is 5.56 Å². The van der Waals surface area contributed by atoms with Gasteiger partial charge in [-0.2, -0.15) is 0 Å². The van der Waals surface area contributed by atoms with Crippen LogP contribution in [0, 0.1) is 0 Å². The molecular formula is C11H9NO5. The van der Waals surface area contributed by atoms with Crippen molar-refractivity contribution in [2.75, 3.05) is 5.32 Å². The van der Waals surface area contributed by atoms with E-state index < -0.39 is 17.8 Å². The highest BCUT2D eigenvalue weighted by Gasteiger charge is 2.04. The lowest BCUT2D eigenvalue weighted by atomic mass is 10.2. The van der Waals surface area contributed by atoms with Gasteiger partial charge in [0.1, 0.15) is 0 Å². The first-order valence-corrected chi connectivity index (χ1v) is 4.54. The lowest BCUT2D eigenvalue weighted by molar-refractivity contribution is -0.131. The summed E-state index contributed by atoms with van der Waals surface area (Å²) in [6, 6.07) is 5.62. The molecule has 0 atom stereocenters. The Balaban J connectivity index is 2.75. The Morgan fingerprint density at radius 3 is 2.41 bits per heavy atom. The summed E-state index contributed by atoms with van der Waals surface area (Å²) in [7, 11) is 0. The summed E-state index contributed by atoms with van der Waals surface area (Å²) in [6.07, 6.45) is 1.53. The highest BCUT2D eigenvalue weighted by atomic mass is 16.4. The molecule has 0 spiro atoms. The van der Waals surface area contributed by atoms with Gasteiger partial charge in [-0.15, -0.1) is 0 Å². The number of aliphatic carboxylic acids is 1. The largest absolute Gasteiger partial charge is 0.478 e. The van der Waals surface area contributed by atoms with E-state index in [2.05, 4.69) is 5.32 Å². The molecule has 1 aromatic carbocycles. The zero-order valence-corrected chi connectivity index (χ0v) is 8.58. The van der Waals surface area contributed by atoms with E-state index in [1.807, 2.05) is 0 Å². The molecule has 0 aliphatic carbocycles. The normalized spacial score (nSPS) is 10.1. The fourth-order valence-corrected chi connectivity index (χ4v) is 1.06. The lowest BCUT2D eigenvalue weighted by Gasteiger charge is -2.02. The molecule has 0 fully saturated rings. The molecule has 1 amide bonds. The van der Waals surface area contributed by atoms with Crippen molar-refractivity contribution in [3.05, 3.63) is 42.0 Å². The van der Waals surface area contributed by atoms with E-state index in [-0.39, 0.29) is 11.3 Å². The van der Waals surface area contributed by atoms with Crippen LogP contribution in [0.1, 0.15) is 10.4 Å². The number of rotatable bonds is 4. The predicted octanol–water partition coefficient (Wildman–Crippen LogP) is 0.964. The monoisotopic (exact) mass is 235 g/mol. The quantitative estimate of drug-likeness (QED) is 0.674. The van der Waals surface area contributed by atoms with Crippen molar-refractivity contribution in [1.82, 2.24) is 0 Å². The van der Waals surface area contributed by atoms with Crippen LogP contribution in [0.25, 0.3) is 0 Å². The summed E-state index contributed by atoms with van der Waals surface area (Å²) < 4.78 is 0. The highest BCUT2D eigenvalue weighted by molar-refractivity contribution is 6.02. The topological polar surface area (TPSA) is 104 Å². The van der Waals surface area contributed by atoms with Gasteiger partial charge in [-0.1, -0.05) is 6.07 Å². The molecule has 0 unspecified atom stereocenters. The molecule has 0 saturated carbocycles. The van der Waals surface area contributed by atoms with Crippen LogP contribution in [0.5, 0.6) is 0 Å². The number of carboxylic acids is 2. The van der Waals surface area contributed by atoms with E-state index in [0.29, 0.717) is 6.08 Å². The van der Waals surface area contributed by atoms with Gasteiger partial charge < -0.3 is 15.5 Å². The van der Waals surface area contributed by atoms with Crippen molar-refractivity contribution in [3.8, 4) is 0 Å². The Kier molecular flexibility index (Phi) is 3.99. The average molecular weight is 235 g/mol. The van der Waals surface area contributed by atoms with Crippen molar-refractivity contribution >= 4 is 23.5 Å². The van der Waals surface area contributed by atoms with Crippen LogP contribution in [-0.2, 0) is 9.59 Å². The van der Waals surface area contributed by atoms with Gasteiger partial charge >= 0.3 is 11.9 Å². The van der Waals surface area contributed by atoms with Crippen molar-refractivity contribution in [2.24, 2.45) is 0 Å². The number of hydrogen-bond acceptors (Lipinski definition) is 3. The van der Waals surface area contributed by atoms with Gasteiger partial charge in [0.15, 0.2) is 0 Å². The number of hydrogen-bond donors (Lipinski definition) is 3. The molecule has 0 aliphatic rings. The number of aromatic carboxylic acids is 1. The van der Waals surface area contributed by atoms with Crippen LogP contribution in [-0.4, -0.2) is 28.1 Å². The first-order valence-electron chi connectivity index (χ1n) is 4.54. The molecule has 0 heterocycles. The van der Waals surface area contributed by atoms with E-state index in [0.717, 1.165) is 6.08 Å². The van der Waals surface area contributed by atoms with Crippen molar-refractivity contribution in [1.29, 1.82) is 0 Å². The molecule has 0 saturated heterocycles. The number of carbonyl (C=O) groups excluding carboxylic acids is 1. The third-order valence-electron chi connectivity index (χ3n) is 1.75. The molecule has 1 aromatic rings. The molecule has 3 N–H and O–H groups in total. The lowest BCUT2D eigenvalue weighted by Crippen LogP contribution is -2.09. The van der Waals surface area contributed by atoms with Crippen molar-refractivity contribution < 1.29 is 24.6 Å². The maximum atomic E-state index is 11.2. The third-order valence-corrected chi connectivity index (χ3v) is 1.75. The maximum Gasteiger partial charge on any atom is 0.335 e. The maximum absolute atomic E-state index is 11.2. The summed E-state index contributed by atoms with van der Waals surface area (Å²) in [5.74, 6) is -2.99. The zero-order chi connectivity index (χ0) is 12.8. The standard InChI is InChI=1S/C11H9NO5/c13-9(4-5-10(14)15)12-8-3-1-2-7(6-8)11(16)17/h1-6H,(H,12,13)(H,14,15)(H,16,17). The van der Waals surface area contributed by atoms with Gasteiger partial charge in [0, 0.05) is 17.8 Å². The predicted molar refractivity (Wildman–Crippen MR) is 58.8 cm³/mol. The summed E-state index contributed by atoms with van der Waals surface area (Å²) in [6.45, 7) is 0. The number of amides is 1. The smallest absolute Gasteiger partial charge is 0.335 e. The molecule has 0 bridgehead atoms. The average Bonchev–Trinajstić information content (AvgIpc) is 2.26. The Labute approximate surface area is 96.2 Å². The summed E-state index contributed by atoms with van der Waals surface area (Å²) in [4.78, 5) is 32.0. The molecule has 17 heavy (non-hydrogen) atoms. The van der Waals surface area contributed by atoms with E-state index >= 15 is 0 Å². The van der Waals surface area contributed by atoms with Gasteiger partial charge in [0.25, 0.3) is 0 Å². The molecule has 88 valence electrons. The molecule has 0 aromatic heterocycles. The third kappa shape index (κ3) is 4.17. The van der Waals surface area contributed by atoms with E-state index in [1.54, 1.807) is 0 Å². The van der Waals surface area contributed by atoms with E-state index in [9.17, 15) is 14.4 Å². The SMILES string of the molecule is O=C(O)C=CC(=O)Nc1cccc(C(=O)O)c1. The minimum absolute atomic E-state index is 0.0324. The fourth-order valence-electron chi connectivity index (χ4n) is 1.06. The van der Waals surface area contributed by atoms with Crippen LogP contribution in [0.3, 0.4) is 0 Å². The summed E-state index contributed by atoms with van der Waals surface area (Å²) >= 11 is 0. The second-order valence-corrected chi connectivity index (χ2v) is 3.05. The highest BCUT2D eigenvalue weighted by Crippen LogP contribution is 2.10. The molecule has 6 nitrogen and oxygen atoms in total. The second kappa shape index (κ2) is 5.45. The first kappa shape index (κ1) is 12.4. The number of benzene rings is 1. The van der Waals surface area contributed by atoms with Crippen molar-refractivity contribution in [2.45, 2.75) is 0 Å². The number of anilines is 1. The Morgan fingerprint density at radius 2 is 1.82 bits per heavy atom.